The van der Waals surface area contributed by atoms with E-state index in [0.29, 0.717) is 22.7 Å². The lowest BCUT2D eigenvalue weighted by Crippen LogP contribution is -2.09. The number of carboxylic acid groups (broad SMARTS) is 1. The lowest BCUT2D eigenvalue weighted by atomic mass is 10.2. The Labute approximate surface area is 98.0 Å². The van der Waals surface area contributed by atoms with Gasteiger partial charge < -0.3 is 14.3 Å². The topological polar surface area (TPSA) is 72.6 Å². The van der Waals surface area contributed by atoms with Crippen molar-refractivity contribution >= 4 is 17.1 Å². The number of aliphatic carboxylic acids is 1. The minimum Gasteiger partial charge on any atom is -0.482 e. The van der Waals surface area contributed by atoms with E-state index in [2.05, 4.69) is 4.98 Å². The van der Waals surface area contributed by atoms with Gasteiger partial charge in [-0.2, -0.15) is 0 Å². The third kappa shape index (κ3) is 2.55. The van der Waals surface area contributed by atoms with E-state index in [0.717, 1.165) is 0 Å². The second-order valence-corrected chi connectivity index (χ2v) is 4.02. The highest BCUT2D eigenvalue weighted by molar-refractivity contribution is 5.75. The fraction of sp³-hybridized carbons (Fsp3) is 0.333. The van der Waals surface area contributed by atoms with Crippen LogP contribution in [0, 0.1) is 0 Å². The summed E-state index contributed by atoms with van der Waals surface area (Å²) in [6.45, 7) is 3.62. The molecule has 0 aliphatic heterocycles. The zero-order valence-electron chi connectivity index (χ0n) is 9.64. The molecule has 0 aliphatic rings. The molecule has 1 aromatic heterocycles. The maximum absolute atomic E-state index is 10.4. The molecule has 90 valence electrons. The van der Waals surface area contributed by atoms with E-state index in [9.17, 15) is 4.79 Å². The number of hydrogen-bond donors (Lipinski definition) is 1. The standard InChI is InChI=1S/C12H13NO4/c1-7(2)12-13-9-5-8(16-6-11(14)15)3-4-10(9)17-12/h3-5,7H,6H2,1-2H3,(H,14,15). The average Bonchev–Trinajstić information content (AvgIpc) is 2.69. The summed E-state index contributed by atoms with van der Waals surface area (Å²) in [4.78, 5) is 14.7. The largest absolute Gasteiger partial charge is 0.482 e. The van der Waals surface area contributed by atoms with Gasteiger partial charge in [0.25, 0.3) is 0 Å². The van der Waals surface area contributed by atoms with Crippen molar-refractivity contribution in [2.45, 2.75) is 19.8 Å². The predicted octanol–water partition coefficient (Wildman–Crippen LogP) is 2.41. The van der Waals surface area contributed by atoms with Gasteiger partial charge >= 0.3 is 5.97 Å². The molecule has 17 heavy (non-hydrogen) atoms. The summed E-state index contributed by atoms with van der Waals surface area (Å²) < 4.78 is 10.6. The zero-order valence-corrected chi connectivity index (χ0v) is 9.64. The quantitative estimate of drug-likeness (QED) is 0.880. The molecule has 0 amide bonds. The maximum Gasteiger partial charge on any atom is 0.341 e. The van der Waals surface area contributed by atoms with Crippen molar-refractivity contribution in [1.29, 1.82) is 0 Å². The van der Waals surface area contributed by atoms with Gasteiger partial charge in [0, 0.05) is 12.0 Å². The number of oxazole rings is 1. The molecule has 1 aromatic carbocycles. The van der Waals surface area contributed by atoms with Gasteiger partial charge in [-0.3, -0.25) is 0 Å². The first kappa shape index (κ1) is 11.4. The molecule has 0 unspecified atom stereocenters. The van der Waals surface area contributed by atoms with Gasteiger partial charge in [0.15, 0.2) is 18.1 Å². The Morgan fingerprint density at radius 2 is 2.29 bits per heavy atom. The van der Waals surface area contributed by atoms with E-state index in [1.165, 1.54) is 0 Å². The number of carbonyl (C=O) groups is 1. The van der Waals surface area contributed by atoms with Crippen LogP contribution in [0.5, 0.6) is 5.75 Å². The third-order valence-electron chi connectivity index (χ3n) is 2.23. The minimum absolute atomic E-state index is 0.214. The van der Waals surface area contributed by atoms with Crippen LogP contribution in [0.25, 0.3) is 11.1 Å². The SMILES string of the molecule is CC(C)c1nc2cc(OCC(=O)O)ccc2o1. The lowest BCUT2D eigenvalue weighted by molar-refractivity contribution is -0.139. The van der Waals surface area contributed by atoms with Gasteiger partial charge in [0.05, 0.1) is 0 Å². The summed E-state index contributed by atoms with van der Waals surface area (Å²) >= 11 is 0. The Morgan fingerprint density at radius 3 is 2.94 bits per heavy atom. The van der Waals surface area contributed by atoms with E-state index in [1.54, 1.807) is 18.2 Å². The summed E-state index contributed by atoms with van der Waals surface area (Å²) in [5, 5.41) is 8.51. The van der Waals surface area contributed by atoms with Crippen LogP contribution in [0.1, 0.15) is 25.7 Å². The van der Waals surface area contributed by atoms with Crippen molar-refractivity contribution < 1.29 is 19.1 Å². The van der Waals surface area contributed by atoms with Gasteiger partial charge in [-0.15, -0.1) is 0 Å². The molecule has 5 heteroatoms. The highest BCUT2D eigenvalue weighted by Gasteiger charge is 2.10. The van der Waals surface area contributed by atoms with E-state index in [1.807, 2.05) is 13.8 Å². The van der Waals surface area contributed by atoms with E-state index < -0.39 is 5.97 Å². The first-order valence-electron chi connectivity index (χ1n) is 5.31. The molecule has 2 rings (SSSR count). The highest BCUT2D eigenvalue weighted by atomic mass is 16.5. The molecule has 2 aromatic rings. The van der Waals surface area contributed by atoms with Crippen LogP contribution in [0.4, 0.5) is 0 Å². The second kappa shape index (κ2) is 4.45. The molecule has 1 heterocycles. The van der Waals surface area contributed by atoms with E-state index >= 15 is 0 Å². The predicted molar refractivity (Wildman–Crippen MR) is 61.2 cm³/mol. The van der Waals surface area contributed by atoms with Crippen molar-refractivity contribution in [3.8, 4) is 5.75 Å². The first-order valence-corrected chi connectivity index (χ1v) is 5.31. The number of ether oxygens (including phenoxy) is 1. The maximum atomic E-state index is 10.4. The summed E-state index contributed by atoms with van der Waals surface area (Å²) in [5.74, 6) is 0.345. The molecule has 0 saturated heterocycles. The van der Waals surface area contributed by atoms with Crippen LogP contribution >= 0.6 is 0 Å². The number of fused-ring (bicyclic) bond motifs is 1. The van der Waals surface area contributed by atoms with Crippen LogP contribution in [0.15, 0.2) is 22.6 Å². The van der Waals surface area contributed by atoms with Crippen molar-refractivity contribution in [3.05, 3.63) is 24.1 Å². The van der Waals surface area contributed by atoms with Crippen LogP contribution in [-0.4, -0.2) is 22.7 Å². The molecular formula is C12H13NO4. The minimum atomic E-state index is -1.01. The summed E-state index contributed by atoms with van der Waals surface area (Å²) in [6.07, 6.45) is 0. The van der Waals surface area contributed by atoms with Gasteiger partial charge in [-0.05, 0) is 12.1 Å². The molecule has 0 spiro atoms. The second-order valence-electron chi connectivity index (χ2n) is 4.02. The summed E-state index contributed by atoms with van der Waals surface area (Å²) in [6, 6.07) is 5.07. The fourth-order valence-corrected chi connectivity index (χ4v) is 1.41. The molecule has 0 fully saturated rings. The van der Waals surface area contributed by atoms with Crippen molar-refractivity contribution in [2.24, 2.45) is 0 Å². The average molecular weight is 235 g/mol. The Bertz CT molecular complexity index is 544. The number of nitrogens with zero attached hydrogens (tertiary/aromatic N) is 1. The van der Waals surface area contributed by atoms with E-state index in [4.69, 9.17) is 14.3 Å². The van der Waals surface area contributed by atoms with Crippen LogP contribution in [0.3, 0.4) is 0 Å². The Kier molecular flexibility index (Phi) is 2.99. The Morgan fingerprint density at radius 1 is 1.53 bits per heavy atom. The molecule has 1 N–H and O–H groups in total. The van der Waals surface area contributed by atoms with Crippen molar-refractivity contribution in [1.82, 2.24) is 4.98 Å². The smallest absolute Gasteiger partial charge is 0.341 e. The Balaban J connectivity index is 2.27. The molecular weight excluding hydrogens is 222 g/mol. The van der Waals surface area contributed by atoms with Crippen LogP contribution in [0.2, 0.25) is 0 Å². The molecule has 0 atom stereocenters. The first-order chi connectivity index (χ1) is 8.06. The molecule has 0 saturated carbocycles. The summed E-state index contributed by atoms with van der Waals surface area (Å²) in [5.41, 5.74) is 1.35. The van der Waals surface area contributed by atoms with Gasteiger partial charge in [0.2, 0.25) is 0 Å². The number of rotatable bonds is 4. The zero-order chi connectivity index (χ0) is 12.4. The molecule has 0 radical (unpaired) electrons. The van der Waals surface area contributed by atoms with Crippen LogP contribution < -0.4 is 4.74 Å². The fourth-order valence-electron chi connectivity index (χ4n) is 1.41. The Hall–Kier alpha value is -2.04. The highest BCUT2D eigenvalue weighted by Crippen LogP contribution is 2.24. The number of benzene rings is 1. The molecule has 0 aliphatic carbocycles. The van der Waals surface area contributed by atoms with Crippen molar-refractivity contribution in [2.75, 3.05) is 6.61 Å². The summed E-state index contributed by atoms with van der Waals surface area (Å²) in [7, 11) is 0. The van der Waals surface area contributed by atoms with Crippen LogP contribution in [-0.2, 0) is 4.79 Å². The molecule has 0 bridgehead atoms. The van der Waals surface area contributed by atoms with Gasteiger partial charge in [-0.1, -0.05) is 13.8 Å². The third-order valence-corrected chi connectivity index (χ3v) is 2.23. The van der Waals surface area contributed by atoms with Gasteiger partial charge in [0.1, 0.15) is 11.3 Å². The molecule has 5 nitrogen and oxygen atoms in total. The number of hydrogen-bond acceptors (Lipinski definition) is 4. The normalized spacial score (nSPS) is 11.0. The monoisotopic (exact) mass is 235 g/mol. The van der Waals surface area contributed by atoms with E-state index in [-0.39, 0.29) is 12.5 Å². The number of aromatic nitrogens is 1. The van der Waals surface area contributed by atoms with Gasteiger partial charge in [-0.25, -0.2) is 9.78 Å². The lowest BCUT2D eigenvalue weighted by Gasteiger charge is -2.01. The number of carboxylic acids is 1. The van der Waals surface area contributed by atoms with Crippen molar-refractivity contribution in [3.63, 3.8) is 0 Å².